The van der Waals surface area contributed by atoms with Crippen molar-refractivity contribution in [3.8, 4) is 40.2 Å². The molecule has 7 unspecified atom stereocenters. The number of rotatable bonds is 48. The zero-order chi connectivity index (χ0) is 75.1. The minimum atomic E-state index is -0.762. The Labute approximate surface area is 607 Å². The average molecular weight is 1460 g/mol. The summed E-state index contributed by atoms with van der Waals surface area (Å²) in [5, 5.41) is 9.39. The normalized spacial score (nSPS) is 13.0. The van der Waals surface area contributed by atoms with Crippen molar-refractivity contribution in [3.05, 3.63) is 209 Å². The summed E-state index contributed by atoms with van der Waals surface area (Å²) < 4.78 is 112. The predicted molar refractivity (Wildman–Crippen MR) is 372 cm³/mol. The quantitative estimate of drug-likeness (QED) is 0.0122. The fourth-order valence-corrected chi connectivity index (χ4v) is 9.20. The molecule has 28 nitrogen and oxygen atoms in total. The standard InChI is InChI=1S/C77H86O28/c1-51(79)37-86-44-94-66-30-16-9-23-59(66)72(80)101-53(3)39-88-46-96-68-32-18-11-25-61(68)74(82)103-55(5)41-90-48-98-70-34-20-13-27-63(70)76(84)105-57(7)43-92-50-99-71-35-21-14-28-64(71)77(85)104-56(6)42-91-49-97-69-33-19-12-26-62(69)75(83)102-54(4)40-89-47-95-67-31-17-10-24-60(67)73(81)100-52(2)38-87-45-93-65-29-15-8-22-58(65)36-78/h8-36,51-57,79H,37-50H2,1-7H3. The third-order valence-corrected chi connectivity index (χ3v) is 14.1. The van der Waals surface area contributed by atoms with Crippen molar-refractivity contribution >= 4 is 42.1 Å². The van der Waals surface area contributed by atoms with Crippen LogP contribution >= 0.6 is 0 Å². The third-order valence-electron chi connectivity index (χ3n) is 14.1. The molecule has 0 bridgehead atoms. The first kappa shape index (κ1) is 81.6. The second-order valence-corrected chi connectivity index (χ2v) is 23.2. The first-order valence-corrected chi connectivity index (χ1v) is 33.3. The SMILES string of the molecule is CC(O)COCOc1ccccc1C(=O)OC(C)COCOc1ccccc1C(=O)OC(C)COCOc1ccccc1C(=O)OC(C)COCOc1ccccc1C(=O)OC(C)COCOc1ccccc1C(=O)OC(C)COCOc1ccccc1C(=O)OC(C)COCOc1ccccc1C=O. The molecule has 0 aliphatic heterocycles. The maximum absolute atomic E-state index is 13.3. The molecule has 7 atom stereocenters. The molecule has 1 N–H and O–H groups in total. The van der Waals surface area contributed by atoms with Gasteiger partial charge >= 0.3 is 35.8 Å². The minimum Gasteiger partial charge on any atom is -0.467 e. The number of para-hydroxylation sites is 7. The molecule has 0 amide bonds. The fourth-order valence-electron chi connectivity index (χ4n) is 9.20. The maximum Gasteiger partial charge on any atom is 0.342 e. The van der Waals surface area contributed by atoms with Gasteiger partial charge in [-0.15, -0.1) is 0 Å². The first-order valence-electron chi connectivity index (χ1n) is 33.3. The molecule has 0 fully saturated rings. The van der Waals surface area contributed by atoms with E-state index >= 15 is 0 Å². The highest BCUT2D eigenvalue weighted by Gasteiger charge is 2.25. The highest BCUT2D eigenvalue weighted by atomic mass is 16.7. The largest absolute Gasteiger partial charge is 0.467 e. The number of hydrogen-bond acceptors (Lipinski definition) is 28. The Morgan fingerprint density at radius 2 is 0.438 bits per heavy atom. The van der Waals surface area contributed by atoms with Crippen molar-refractivity contribution in [3.63, 3.8) is 0 Å². The van der Waals surface area contributed by atoms with Gasteiger partial charge in [0.15, 0.2) is 53.8 Å². The molecule has 7 aromatic rings. The van der Waals surface area contributed by atoms with Crippen LogP contribution in [0.5, 0.6) is 40.2 Å². The van der Waals surface area contributed by atoms with Crippen LogP contribution in [0.25, 0.3) is 0 Å². The van der Waals surface area contributed by atoms with Gasteiger partial charge in [0.05, 0.1) is 57.9 Å². The van der Waals surface area contributed by atoms with Crippen molar-refractivity contribution in [2.45, 2.75) is 91.2 Å². The molecule has 0 spiro atoms. The highest BCUT2D eigenvalue weighted by molar-refractivity contribution is 5.95. The second kappa shape index (κ2) is 44.7. The molecule has 105 heavy (non-hydrogen) atoms. The van der Waals surface area contributed by atoms with E-state index in [1.807, 2.05) is 0 Å². The Bertz CT molecular complexity index is 3860. The zero-order valence-corrected chi connectivity index (χ0v) is 59.2. The van der Waals surface area contributed by atoms with Crippen LogP contribution in [-0.4, -0.2) is 184 Å². The molecule has 0 aliphatic carbocycles. The van der Waals surface area contributed by atoms with Gasteiger partial charge in [0.1, 0.15) is 110 Å². The Morgan fingerprint density at radius 3 is 0.638 bits per heavy atom. The summed E-state index contributed by atoms with van der Waals surface area (Å²) in [6.07, 6.45) is -4.35. The second-order valence-electron chi connectivity index (χ2n) is 23.2. The molecule has 28 heteroatoms. The van der Waals surface area contributed by atoms with Gasteiger partial charge in [-0.1, -0.05) is 84.9 Å². The summed E-state index contributed by atoms with van der Waals surface area (Å²) in [5.41, 5.74) is 1.14. The fraction of sp³-hybridized carbons (Fsp3) is 0.364. The van der Waals surface area contributed by atoms with Crippen molar-refractivity contribution < 1.29 is 133 Å². The van der Waals surface area contributed by atoms with E-state index in [9.17, 15) is 38.7 Å². The van der Waals surface area contributed by atoms with Crippen LogP contribution in [0, 0.1) is 0 Å². The Hall–Kier alpha value is -10.7. The Kier molecular flexibility index (Phi) is 34.8. The lowest BCUT2D eigenvalue weighted by Gasteiger charge is -2.18. The molecule has 562 valence electrons. The maximum atomic E-state index is 13.3. The summed E-state index contributed by atoms with van der Waals surface area (Å²) in [6.45, 7) is 9.21. The van der Waals surface area contributed by atoms with E-state index in [-0.39, 0.29) is 162 Å². The number of benzene rings is 7. The first-order chi connectivity index (χ1) is 50.9. The minimum absolute atomic E-state index is 0.0170. The molecular formula is C77H86O28. The third kappa shape index (κ3) is 28.5. The predicted octanol–water partition coefficient (Wildman–Crippen LogP) is 10.8. The van der Waals surface area contributed by atoms with Gasteiger partial charge in [-0.05, 0) is 133 Å². The molecule has 0 saturated heterocycles. The number of aliphatic hydroxyl groups is 1. The van der Waals surface area contributed by atoms with Gasteiger partial charge in [0, 0.05) is 0 Å². The van der Waals surface area contributed by atoms with Crippen molar-refractivity contribution in [2.24, 2.45) is 0 Å². The van der Waals surface area contributed by atoms with E-state index < -0.39 is 78.5 Å². The molecule has 0 saturated carbocycles. The lowest BCUT2D eigenvalue weighted by atomic mass is 10.2. The van der Waals surface area contributed by atoms with Crippen LogP contribution in [-0.2, 0) is 61.6 Å². The molecule has 0 radical (unpaired) electrons. The number of hydrogen-bond donors (Lipinski definition) is 1. The van der Waals surface area contributed by atoms with Crippen LogP contribution < -0.4 is 33.2 Å². The smallest absolute Gasteiger partial charge is 0.342 e. The molecule has 0 aliphatic rings. The molecular weight excluding hydrogens is 1370 g/mol. The number of carbonyl (C=O) groups is 7. The molecule has 0 heterocycles. The van der Waals surface area contributed by atoms with Gasteiger partial charge in [0.25, 0.3) is 0 Å². The monoisotopic (exact) mass is 1460 g/mol. The molecule has 7 rings (SSSR count). The van der Waals surface area contributed by atoms with Crippen LogP contribution in [0.1, 0.15) is 121 Å². The molecule has 7 aromatic carbocycles. The van der Waals surface area contributed by atoms with Crippen molar-refractivity contribution in [1.29, 1.82) is 0 Å². The van der Waals surface area contributed by atoms with E-state index in [4.69, 9.17) is 94.7 Å². The summed E-state index contributed by atoms with van der Waals surface area (Å²) in [6, 6.07) is 45.2. The van der Waals surface area contributed by atoms with Crippen LogP contribution in [0.15, 0.2) is 170 Å². The average Bonchev–Trinajstić information content (AvgIpc) is 0.893. The lowest BCUT2D eigenvalue weighted by molar-refractivity contribution is -0.0426. The van der Waals surface area contributed by atoms with E-state index in [2.05, 4.69) is 0 Å². The van der Waals surface area contributed by atoms with Gasteiger partial charge < -0.3 is 99.8 Å². The van der Waals surface area contributed by atoms with Gasteiger partial charge in [-0.2, -0.15) is 0 Å². The number of ether oxygens (including phenoxy) is 20. The zero-order valence-electron chi connectivity index (χ0n) is 59.2. The van der Waals surface area contributed by atoms with Crippen LogP contribution in [0.3, 0.4) is 0 Å². The topological polar surface area (TPSA) is 324 Å². The van der Waals surface area contributed by atoms with Crippen LogP contribution in [0.4, 0.5) is 0 Å². The van der Waals surface area contributed by atoms with E-state index in [0.717, 1.165) is 0 Å². The van der Waals surface area contributed by atoms with Crippen molar-refractivity contribution in [1.82, 2.24) is 0 Å². The van der Waals surface area contributed by atoms with Gasteiger partial charge in [0.2, 0.25) is 0 Å². The summed E-state index contributed by atoms with van der Waals surface area (Å²) >= 11 is 0. The molecule has 0 aromatic heterocycles. The number of esters is 6. The van der Waals surface area contributed by atoms with Gasteiger partial charge in [-0.3, -0.25) is 4.79 Å². The van der Waals surface area contributed by atoms with E-state index in [1.165, 1.54) is 30.3 Å². The lowest BCUT2D eigenvalue weighted by Crippen LogP contribution is -2.24. The number of aldehydes is 1. The summed E-state index contributed by atoms with van der Waals surface area (Å²) in [7, 11) is 0. The summed E-state index contributed by atoms with van der Waals surface area (Å²) in [4.78, 5) is 90.4. The Balaban J connectivity index is 0.737. The van der Waals surface area contributed by atoms with Crippen LogP contribution in [0.2, 0.25) is 0 Å². The number of carbonyl (C=O) groups excluding carboxylic acids is 7. The number of aliphatic hydroxyl groups excluding tert-OH is 1. The highest BCUT2D eigenvalue weighted by Crippen LogP contribution is 2.27. The van der Waals surface area contributed by atoms with E-state index in [0.29, 0.717) is 17.6 Å². The van der Waals surface area contributed by atoms with Gasteiger partial charge in [-0.25, -0.2) is 28.8 Å². The van der Waals surface area contributed by atoms with Crippen molar-refractivity contribution in [2.75, 3.05) is 93.8 Å². The summed E-state index contributed by atoms with van der Waals surface area (Å²) in [5.74, 6) is -2.63. The Morgan fingerprint density at radius 1 is 0.267 bits per heavy atom. The van der Waals surface area contributed by atoms with E-state index in [1.54, 1.807) is 188 Å².